The van der Waals surface area contributed by atoms with E-state index in [1.807, 2.05) is 12.1 Å². The molecule has 5 nitrogen and oxygen atoms in total. The summed E-state index contributed by atoms with van der Waals surface area (Å²) in [5, 5.41) is 13.4. The molecule has 5 heteroatoms. The first kappa shape index (κ1) is 17.2. The molecule has 2 fully saturated rings. The van der Waals surface area contributed by atoms with Crippen molar-refractivity contribution in [1.29, 1.82) is 0 Å². The van der Waals surface area contributed by atoms with Crippen LogP contribution in [0.25, 0.3) is 0 Å². The van der Waals surface area contributed by atoms with Crippen LogP contribution in [0.2, 0.25) is 0 Å². The van der Waals surface area contributed by atoms with Gasteiger partial charge >= 0.3 is 0 Å². The number of aromatic nitrogens is 1. The minimum absolute atomic E-state index is 0.0885. The second-order valence-corrected chi connectivity index (χ2v) is 7.27. The van der Waals surface area contributed by atoms with E-state index in [0.717, 1.165) is 50.5 Å². The molecule has 132 valence electrons. The van der Waals surface area contributed by atoms with E-state index in [4.69, 9.17) is 4.74 Å². The molecule has 0 spiro atoms. The van der Waals surface area contributed by atoms with E-state index in [0.29, 0.717) is 12.4 Å². The number of ether oxygens (including phenoxy) is 1. The molecule has 2 aliphatic carbocycles. The summed E-state index contributed by atoms with van der Waals surface area (Å²) < 4.78 is 5.90. The predicted molar refractivity (Wildman–Crippen MR) is 91.6 cm³/mol. The molecule has 1 heterocycles. The largest absolute Gasteiger partial charge is 0.474 e. The number of nitrogens with zero attached hydrogens (tertiary/aromatic N) is 1. The zero-order valence-electron chi connectivity index (χ0n) is 14.3. The first-order chi connectivity index (χ1) is 11.6. The standard InChI is InChI=1S/C19H28N2O3/c22-17(13-19(23)9-4-1-5-10-19)21-14-15-8-11-20-18(12-15)24-16-6-2-3-7-16/h8,11-12,16,23H,1-7,9-10,13-14H2,(H,21,22). The van der Waals surface area contributed by atoms with Crippen molar-refractivity contribution in [2.75, 3.05) is 0 Å². The number of hydrogen-bond donors (Lipinski definition) is 2. The summed E-state index contributed by atoms with van der Waals surface area (Å²) in [6.45, 7) is 0.443. The smallest absolute Gasteiger partial charge is 0.223 e. The normalized spacial score (nSPS) is 20.7. The van der Waals surface area contributed by atoms with Gasteiger partial charge in [-0.25, -0.2) is 4.98 Å². The molecule has 2 saturated carbocycles. The maximum absolute atomic E-state index is 12.1. The Labute approximate surface area is 143 Å². The number of nitrogens with one attached hydrogen (secondary N) is 1. The van der Waals surface area contributed by atoms with Crippen LogP contribution >= 0.6 is 0 Å². The van der Waals surface area contributed by atoms with Crippen LogP contribution in [0.1, 0.15) is 69.8 Å². The van der Waals surface area contributed by atoms with Crippen molar-refractivity contribution in [2.24, 2.45) is 0 Å². The molecule has 0 aromatic carbocycles. The maximum Gasteiger partial charge on any atom is 0.223 e. The molecule has 24 heavy (non-hydrogen) atoms. The first-order valence-electron chi connectivity index (χ1n) is 9.24. The molecule has 0 unspecified atom stereocenters. The average Bonchev–Trinajstić information content (AvgIpc) is 3.06. The molecule has 1 amide bonds. The van der Waals surface area contributed by atoms with Crippen LogP contribution in [-0.4, -0.2) is 27.7 Å². The van der Waals surface area contributed by atoms with Crippen molar-refractivity contribution in [3.8, 4) is 5.88 Å². The molecule has 3 rings (SSSR count). The van der Waals surface area contributed by atoms with Crippen LogP contribution in [0.3, 0.4) is 0 Å². The van der Waals surface area contributed by atoms with E-state index in [-0.39, 0.29) is 18.4 Å². The highest BCUT2D eigenvalue weighted by Gasteiger charge is 2.31. The number of aliphatic hydroxyl groups is 1. The lowest BCUT2D eigenvalue weighted by atomic mass is 9.82. The summed E-state index contributed by atoms with van der Waals surface area (Å²) in [4.78, 5) is 16.4. The lowest BCUT2D eigenvalue weighted by molar-refractivity contribution is -0.127. The number of carbonyl (C=O) groups is 1. The molecular formula is C19H28N2O3. The topological polar surface area (TPSA) is 71.5 Å². The van der Waals surface area contributed by atoms with E-state index in [1.54, 1.807) is 6.20 Å². The van der Waals surface area contributed by atoms with Crippen LogP contribution in [0.5, 0.6) is 5.88 Å². The summed E-state index contributed by atoms with van der Waals surface area (Å²) in [6.07, 6.45) is 11.5. The van der Waals surface area contributed by atoms with Gasteiger partial charge in [0.25, 0.3) is 0 Å². The molecular weight excluding hydrogens is 304 g/mol. The Hall–Kier alpha value is -1.62. The highest BCUT2D eigenvalue weighted by atomic mass is 16.5. The van der Waals surface area contributed by atoms with Gasteiger partial charge in [0.15, 0.2) is 0 Å². The second-order valence-electron chi connectivity index (χ2n) is 7.27. The Bertz CT molecular complexity index is 549. The SMILES string of the molecule is O=C(CC1(O)CCCCC1)NCc1ccnc(OC2CCCC2)c1. The molecule has 2 aliphatic rings. The monoisotopic (exact) mass is 332 g/mol. The Balaban J connectivity index is 1.47. The van der Waals surface area contributed by atoms with E-state index in [9.17, 15) is 9.90 Å². The van der Waals surface area contributed by atoms with Crippen LogP contribution in [0.15, 0.2) is 18.3 Å². The number of rotatable bonds is 6. The fraction of sp³-hybridized carbons (Fsp3) is 0.684. The molecule has 0 aliphatic heterocycles. The third-order valence-corrected chi connectivity index (χ3v) is 5.15. The fourth-order valence-corrected chi connectivity index (χ4v) is 3.75. The molecule has 0 atom stereocenters. The number of amides is 1. The van der Waals surface area contributed by atoms with Gasteiger partial charge < -0.3 is 15.2 Å². The van der Waals surface area contributed by atoms with Gasteiger partial charge in [0, 0.05) is 18.8 Å². The molecule has 0 radical (unpaired) electrons. The summed E-state index contributed by atoms with van der Waals surface area (Å²) in [7, 11) is 0. The Morgan fingerprint density at radius 2 is 2.00 bits per heavy atom. The maximum atomic E-state index is 12.1. The zero-order chi connectivity index (χ0) is 16.8. The van der Waals surface area contributed by atoms with Crippen LogP contribution in [-0.2, 0) is 11.3 Å². The van der Waals surface area contributed by atoms with Gasteiger partial charge in [-0.1, -0.05) is 19.3 Å². The highest BCUT2D eigenvalue weighted by molar-refractivity contribution is 5.77. The molecule has 2 N–H and O–H groups in total. The van der Waals surface area contributed by atoms with Crippen molar-refractivity contribution >= 4 is 5.91 Å². The minimum Gasteiger partial charge on any atom is -0.474 e. The Morgan fingerprint density at radius 1 is 1.25 bits per heavy atom. The van der Waals surface area contributed by atoms with Crippen LogP contribution < -0.4 is 10.1 Å². The van der Waals surface area contributed by atoms with Crippen molar-refractivity contribution in [3.63, 3.8) is 0 Å². The molecule has 0 bridgehead atoms. The van der Waals surface area contributed by atoms with Gasteiger partial charge in [-0.2, -0.15) is 0 Å². The number of hydrogen-bond acceptors (Lipinski definition) is 4. The Morgan fingerprint density at radius 3 is 2.75 bits per heavy atom. The van der Waals surface area contributed by atoms with Gasteiger partial charge in [-0.3, -0.25) is 4.79 Å². The van der Waals surface area contributed by atoms with Gasteiger partial charge in [0.2, 0.25) is 11.8 Å². The first-order valence-corrected chi connectivity index (χ1v) is 9.24. The summed E-state index contributed by atoms with van der Waals surface area (Å²) in [5.74, 6) is 0.550. The van der Waals surface area contributed by atoms with Crippen molar-refractivity contribution in [3.05, 3.63) is 23.9 Å². The van der Waals surface area contributed by atoms with Crippen molar-refractivity contribution < 1.29 is 14.6 Å². The molecule has 1 aromatic rings. The summed E-state index contributed by atoms with van der Waals surface area (Å²) in [6, 6.07) is 3.78. The number of carbonyl (C=O) groups excluding carboxylic acids is 1. The van der Waals surface area contributed by atoms with E-state index >= 15 is 0 Å². The minimum atomic E-state index is -0.808. The van der Waals surface area contributed by atoms with Gasteiger partial charge in [-0.05, 0) is 50.2 Å². The third-order valence-electron chi connectivity index (χ3n) is 5.15. The van der Waals surface area contributed by atoms with Gasteiger partial charge in [0.1, 0.15) is 6.10 Å². The van der Waals surface area contributed by atoms with Crippen molar-refractivity contribution in [2.45, 2.75) is 82.5 Å². The summed E-state index contributed by atoms with van der Waals surface area (Å²) in [5.41, 5.74) is 0.166. The second kappa shape index (κ2) is 7.97. The van der Waals surface area contributed by atoms with E-state index in [1.165, 1.54) is 12.8 Å². The van der Waals surface area contributed by atoms with Crippen LogP contribution in [0, 0.1) is 0 Å². The Kier molecular flexibility index (Phi) is 5.72. The van der Waals surface area contributed by atoms with E-state index < -0.39 is 5.60 Å². The summed E-state index contributed by atoms with van der Waals surface area (Å²) >= 11 is 0. The van der Waals surface area contributed by atoms with Gasteiger partial charge in [0.05, 0.1) is 12.0 Å². The molecule has 1 aromatic heterocycles. The average molecular weight is 332 g/mol. The lowest BCUT2D eigenvalue weighted by Gasteiger charge is -2.31. The zero-order valence-corrected chi connectivity index (χ0v) is 14.3. The highest BCUT2D eigenvalue weighted by Crippen LogP contribution is 2.30. The van der Waals surface area contributed by atoms with Gasteiger partial charge in [-0.15, -0.1) is 0 Å². The van der Waals surface area contributed by atoms with E-state index in [2.05, 4.69) is 10.3 Å². The lowest BCUT2D eigenvalue weighted by Crippen LogP contribution is -2.38. The fourth-order valence-electron chi connectivity index (χ4n) is 3.75. The quantitative estimate of drug-likeness (QED) is 0.840. The molecule has 0 saturated heterocycles. The van der Waals surface area contributed by atoms with Crippen LogP contribution in [0.4, 0.5) is 0 Å². The predicted octanol–water partition coefficient (Wildman–Crippen LogP) is 3.10. The number of pyridine rings is 1. The third kappa shape index (κ3) is 4.94. The van der Waals surface area contributed by atoms with Crippen molar-refractivity contribution in [1.82, 2.24) is 10.3 Å².